The van der Waals surface area contributed by atoms with Gasteiger partial charge in [0.1, 0.15) is 6.61 Å². The SMILES string of the molecule is FC(F)(F)C(F)(F)COB1OBOBO1. The zero-order chi connectivity index (χ0) is 11.5. The molecule has 0 amide bonds. The fraction of sp³-hybridized carbons (Fsp3) is 1.00. The van der Waals surface area contributed by atoms with Gasteiger partial charge < -0.3 is 18.4 Å². The highest BCUT2D eigenvalue weighted by Gasteiger charge is 2.58. The van der Waals surface area contributed by atoms with Crippen molar-refractivity contribution < 1.29 is 40.3 Å². The van der Waals surface area contributed by atoms with Crippen LogP contribution >= 0.6 is 0 Å². The van der Waals surface area contributed by atoms with Crippen LogP contribution in [0.5, 0.6) is 0 Å². The second kappa shape index (κ2) is 4.68. The zero-order valence-electron chi connectivity index (χ0n) is 7.22. The summed E-state index contributed by atoms with van der Waals surface area (Å²) in [5.74, 6) is -4.93. The average Bonchev–Trinajstić information content (AvgIpc) is 2.15. The first-order chi connectivity index (χ1) is 6.83. The highest BCUT2D eigenvalue weighted by atomic mass is 19.4. The van der Waals surface area contributed by atoms with Gasteiger partial charge in [-0.25, -0.2) is 0 Å². The van der Waals surface area contributed by atoms with Crippen molar-refractivity contribution in [3.63, 3.8) is 0 Å². The van der Waals surface area contributed by atoms with E-state index in [1.165, 1.54) is 0 Å². The molecule has 0 radical (unpaired) electrons. The number of halogens is 5. The molecule has 0 saturated carbocycles. The maximum Gasteiger partial charge on any atom is 0.611 e. The monoisotopic (exact) mass is 232 g/mol. The minimum absolute atomic E-state index is 0.289. The van der Waals surface area contributed by atoms with Gasteiger partial charge in [0, 0.05) is 0 Å². The molecule has 0 N–H and O–H groups in total. The van der Waals surface area contributed by atoms with Gasteiger partial charge in [-0.05, 0) is 0 Å². The van der Waals surface area contributed by atoms with Crippen LogP contribution in [0.15, 0.2) is 0 Å². The van der Waals surface area contributed by atoms with Crippen LogP contribution in [0.25, 0.3) is 0 Å². The zero-order valence-corrected chi connectivity index (χ0v) is 7.22. The summed E-state index contributed by atoms with van der Waals surface area (Å²) < 4.78 is 76.9. The molecule has 4 nitrogen and oxygen atoms in total. The largest absolute Gasteiger partial charge is 0.611 e. The molecule has 0 bridgehead atoms. The number of rotatable bonds is 3. The maximum atomic E-state index is 12.3. The lowest BCUT2D eigenvalue weighted by Gasteiger charge is -2.23. The molecule has 1 rings (SSSR count). The number of alkyl halides is 5. The molecule has 1 aliphatic heterocycles. The normalized spacial score (nSPS) is 18.3. The fourth-order valence-corrected chi connectivity index (χ4v) is 0.640. The molecule has 15 heavy (non-hydrogen) atoms. The molecular weight excluding hydrogens is 227 g/mol. The molecular formula is C3H4B3F5O4. The molecule has 1 heterocycles. The van der Waals surface area contributed by atoms with Crippen LogP contribution in [0, 0.1) is 0 Å². The first-order valence-corrected chi connectivity index (χ1v) is 3.70. The number of hydrogen-bond acceptors (Lipinski definition) is 4. The van der Waals surface area contributed by atoms with Gasteiger partial charge in [0.05, 0.1) is 0 Å². The second-order valence-electron chi connectivity index (χ2n) is 2.58. The second-order valence-corrected chi connectivity index (χ2v) is 2.58. The smallest absolute Gasteiger partial charge is 0.458 e. The standard InChI is InChI=1S/C3H4B3F5O4/c7-2(8,3(9,10)11)1-12-6-14-4-13-5-15-6/h4-5H,1H2. The van der Waals surface area contributed by atoms with Gasteiger partial charge in [-0.3, -0.25) is 0 Å². The summed E-state index contributed by atoms with van der Waals surface area (Å²) in [6.45, 7) is -1.86. The highest BCUT2D eigenvalue weighted by molar-refractivity contribution is 6.57. The van der Waals surface area contributed by atoms with Gasteiger partial charge in [-0.15, -0.1) is 0 Å². The Morgan fingerprint density at radius 1 is 1.07 bits per heavy atom. The quantitative estimate of drug-likeness (QED) is 0.497. The van der Waals surface area contributed by atoms with Crippen molar-refractivity contribution in [1.29, 1.82) is 0 Å². The Hall–Kier alpha value is -0.315. The fourth-order valence-electron chi connectivity index (χ4n) is 0.640. The van der Waals surface area contributed by atoms with Crippen molar-refractivity contribution in [3.8, 4) is 0 Å². The van der Waals surface area contributed by atoms with Crippen molar-refractivity contribution in [1.82, 2.24) is 0 Å². The number of hydrogen-bond donors (Lipinski definition) is 0. The van der Waals surface area contributed by atoms with E-state index in [9.17, 15) is 22.0 Å². The van der Waals surface area contributed by atoms with Crippen molar-refractivity contribution in [2.75, 3.05) is 6.61 Å². The maximum absolute atomic E-state index is 12.3. The molecule has 0 unspecified atom stereocenters. The van der Waals surface area contributed by atoms with Crippen LogP contribution in [-0.2, 0) is 18.4 Å². The van der Waals surface area contributed by atoms with Crippen molar-refractivity contribution >= 4 is 22.7 Å². The predicted octanol–water partition coefficient (Wildman–Crippen LogP) is -0.218. The van der Waals surface area contributed by atoms with Gasteiger partial charge in [-0.2, -0.15) is 22.0 Å². The molecule has 84 valence electrons. The molecule has 1 aliphatic rings. The van der Waals surface area contributed by atoms with Crippen LogP contribution < -0.4 is 0 Å². The minimum atomic E-state index is -5.65. The van der Waals surface area contributed by atoms with Crippen LogP contribution in [0.1, 0.15) is 0 Å². The van der Waals surface area contributed by atoms with E-state index >= 15 is 0 Å². The summed E-state index contributed by atoms with van der Waals surface area (Å²) in [7, 11) is -2.14. The molecule has 12 heteroatoms. The predicted molar refractivity (Wildman–Crippen MR) is 40.3 cm³/mol. The lowest BCUT2D eigenvalue weighted by atomic mass is 10.1. The first kappa shape index (κ1) is 12.8. The van der Waals surface area contributed by atoms with Crippen LogP contribution in [0.4, 0.5) is 22.0 Å². The third kappa shape index (κ3) is 3.63. The third-order valence-electron chi connectivity index (χ3n) is 1.39. The summed E-state index contributed by atoms with van der Waals surface area (Å²) in [5, 5.41) is 0. The van der Waals surface area contributed by atoms with Gasteiger partial charge in [0.15, 0.2) is 0 Å². The topological polar surface area (TPSA) is 36.9 Å². The van der Waals surface area contributed by atoms with E-state index in [4.69, 9.17) is 0 Å². The summed E-state index contributed by atoms with van der Waals surface area (Å²) in [5.41, 5.74) is 0. The molecule has 1 fully saturated rings. The Balaban J connectivity index is 2.35. The van der Waals surface area contributed by atoms with Gasteiger partial charge in [-0.1, -0.05) is 0 Å². The van der Waals surface area contributed by atoms with E-state index in [1.54, 1.807) is 0 Å². The molecule has 0 spiro atoms. The summed E-state index contributed by atoms with van der Waals surface area (Å²) in [4.78, 5) is 0. The Kier molecular flexibility index (Phi) is 3.98. The van der Waals surface area contributed by atoms with Crippen LogP contribution in [0.2, 0.25) is 0 Å². The average molecular weight is 231 g/mol. The Labute approximate surface area is 82.8 Å². The summed E-state index contributed by atoms with van der Waals surface area (Å²) in [6, 6.07) is 0. The van der Waals surface area contributed by atoms with E-state index in [1.807, 2.05) is 0 Å². The molecule has 0 atom stereocenters. The van der Waals surface area contributed by atoms with E-state index in [0.717, 1.165) is 0 Å². The Bertz CT molecular complexity index is 206. The van der Waals surface area contributed by atoms with Gasteiger partial charge in [0.25, 0.3) is 0 Å². The van der Waals surface area contributed by atoms with Crippen LogP contribution in [-0.4, -0.2) is 41.4 Å². The highest BCUT2D eigenvalue weighted by Crippen LogP contribution is 2.35. The lowest BCUT2D eigenvalue weighted by Crippen LogP contribution is -2.45. The van der Waals surface area contributed by atoms with E-state index in [-0.39, 0.29) is 15.4 Å². The van der Waals surface area contributed by atoms with Crippen LogP contribution in [0.3, 0.4) is 0 Å². The van der Waals surface area contributed by atoms with Crippen molar-refractivity contribution in [2.45, 2.75) is 12.1 Å². The lowest BCUT2D eigenvalue weighted by molar-refractivity contribution is -0.291. The summed E-state index contributed by atoms with van der Waals surface area (Å²) in [6.07, 6.45) is -5.65. The molecule has 0 aromatic rings. The Morgan fingerprint density at radius 3 is 2.07 bits per heavy atom. The van der Waals surface area contributed by atoms with Crippen molar-refractivity contribution in [2.24, 2.45) is 0 Å². The van der Waals surface area contributed by atoms with E-state index < -0.39 is 26.0 Å². The Morgan fingerprint density at radius 2 is 1.60 bits per heavy atom. The van der Waals surface area contributed by atoms with Gasteiger partial charge in [0.2, 0.25) is 0 Å². The molecule has 1 saturated heterocycles. The van der Waals surface area contributed by atoms with E-state index in [0.29, 0.717) is 0 Å². The molecule has 0 aromatic carbocycles. The third-order valence-corrected chi connectivity index (χ3v) is 1.39. The van der Waals surface area contributed by atoms with Gasteiger partial charge >= 0.3 is 34.8 Å². The minimum Gasteiger partial charge on any atom is -0.458 e. The molecule has 0 aliphatic carbocycles. The molecule has 0 aromatic heterocycles. The first-order valence-electron chi connectivity index (χ1n) is 3.70. The van der Waals surface area contributed by atoms with E-state index in [2.05, 4.69) is 18.4 Å². The summed E-state index contributed by atoms with van der Waals surface area (Å²) >= 11 is 0. The van der Waals surface area contributed by atoms with Crippen molar-refractivity contribution in [3.05, 3.63) is 0 Å².